The normalized spacial score (nSPS) is 56.7. The summed E-state index contributed by atoms with van der Waals surface area (Å²) in [6.07, 6.45) is 0. The first kappa shape index (κ1) is 6.38. The highest BCUT2D eigenvalue weighted by molar-refractivity contribution is 8.08. The van der Waals surface area contributed by atoms with Crippen LogP contribution in [0.25, 0.3) is 0 Å². The first-order valence-corrected chi connectivity index (χ1v) is 5.07. The van der Waals surface area contributed by atoms with Gasteiger partial charge in [-0.1, -0.05) is 0 Å². The highest BCUT2D eigenvalue weighted by Gasteiger charge is 2.51. The van der Waals surface area contributed by atoms with Crippen molar-refractivity contribution in [3.63, 3.8) is 0 Å². The second-order valence-electron chi connectivity index (χ2n) is 2.95. The lowest BCUT2D eigenvalue weighted by atomic mass is 10.4. The Morgan fingerprint density at radius 1 is 1.11 bits per heavy atom. The van der Waals surface area contributed by atoms with Gasteiger partial charge in [-0.05, 0) is 13.8 Å². The van der Waals surface area contributed by atoms with Crippen LogP contribution in [0.3, 0.4) is 0 Å². The van der Waals surface area contributed by atoms with E-state index >= 15 is 0 Å². The topological polar surface area (TPSA) is 9.23 Å². The number of hydrogen-bond acceptors (Lipinski definition) is 3. The third-order valence-electron chi connectivity index (χ3n) is 1.71. The molecule has 52 valence electrons. The average molecular weight is 162 g/mol. The molecule has 3 heteroatoms. The fourth-order valence-electron chi connectivity index (χ4n) is 1.23. The van der Waals surface area contributed by atoms with Gasteiger partial charge in [-0.25, -0.2) is 0 Å². The van der Waals surface area contributed by atoms with Crippen molar-refractivity contribution in [2.45, 2.75) is 23.7 Å². The molecular weight excluding hydrogens is 152 g/mol. The predicted molar refractivity (Wildman–Crippen MR) is 42.8 cm³/mol. The molecule has 0 radical (unpaired) electrons. The van der Waals surface area contributed by atoms with Gasteiger partial charge in [0.15, 0.2) is 0 Å². The molecule has 0 aromatic rings. The van der Waals surface area contributed by atoms with Gasteiger partial charge in [0.25, 0.3) is 0 Å². The Morgan fingerprint density at radius 3 is 1.67 bits per heavy atom. The van der Waals surface area contributed by atoms with E-state index in [-0.39, 0.29) is 9.87 Å². The molecule has 2 fully saturated rings. The number of ether oxygens (including phenoxy) is 1. The van der Waals surface area contributed by atoms with E-state index in [2.05, 4.69) is 13.8 Å². The van der Waals surface area contributed by atoms with Gasteiger partial charge in [-0.3, -0.25) is 0 Å². The molecule has 2 aliphatic rings. The largest absolute Gasteiger partial charge is 0.346 e. The number of fused-ring (bicyclic) bond motifs is 2. The Kier molecular flexibility index (Phi) is 1.15. The Bertz CT molecular complexity index is 122. The van der Waals surface area contributed by atoms with Gasteiger partial charge in [0, 0.05) is 11.5 Å². The molecule has 0 N–H and O–H groups in total. The fraction of sp³-hybridized carbons (Fsp3) is 1.00. The lowest BCUT2D eigenvalue weighted by molar-refractivity contribution is 0.0240. The SMILES string of the molecule is CC12CSC(C)(CS1)O2. The standard InChI is InChI=1S/C6H10OS2/c1-5-3-9-6(2,7-5)4-8-5/h3-4H2,1-2H3. The maximum Gasteiger partial charge on any atom is 0.122 e. The minimum Gasteiger partial charge on any atom is -0.346 e. The van der Waals surface area contributed by atoms with Gasteiger partial charge in [0.05, 0.1) is 0 Å². The third kappa shape index (κ3) is 0.900. The molecule has 1 nitrogen and oxygen atoms in total. The lowest BCUT2D eigenvalue weighted by Crippen LogP contribution is -2.19. The Hall–Kier alpha value is 0.660. The molecule has 2 atom stereocenters. The molecule has 2 aliphatic heterocycles. The van der Waals surface area contributed by atoms with Crippen molar-refractivity contribution in [1.29, 1.82) is 0 Å². The van der Waals surface area contributed by atoms with E-state index in [9.17, 15) is 0 Å². The minimum atomic E-state index is 0.152. The van der Waals surface area contributed by atoms with E-state index in [1.807, 2.05) is 23.5 Å². The van der Waals surface area contributed by atoms with Crippen LogP contribution >= 0.6 is 23.5 Å². The summed E-state index contributed by atoms with van der Waals surface area (Å²) in [6, 6.07) is 0. The van der Waals surface area contributed by atoms with Crippen LogP contribution in [0.2, 0.25) is 0 Å². The van der Waals surface area contributed by atoms with Crippen molar-refractivity contribution in [3.05, 3.63) is 0 Å². The summed E-state index contributed by atoms with van der Waals surface area (Å²) in [5.41, 5.74) is 0. The zero-order valence-electron chi connectivity index (χ0n) is 5.64. The molecule has 0 saturated carbocycles. The van der Waals surface area contributed by atoms with Gasteiger partial charge in [0.2, 0.25) is 0 Å². The van der Waals surface area contributed by atoms with Gasteiger partial charge >= 0.3 is 0 Å². The summed E-state index contributed by atoms with van der Waals surface area (Å²) in [4.78, 5) is 0.304. The molecule has 2 unspecified atom stereocenters. The molecular formula is C6H10OS2. The van der Waals surface area contributed by atoms with E-state index in [0.717, 1.165) is 11.5 Å². The maximum atomic E-state index is 5.77. The van der Waals surface area contributed by atoms with Crippen LogP contribution in [0.4, 0.5) is 0 Å². The lowest BCUT2D eigenvalue weighted by Gasteiger charge is -2.15. The van der Waals surface area contributed by atoms with E-state index in [1.54, 1.807) is 0 Å². The first-order valence-electron chi connectivity index (χ1n) is 3.10. The third-order valence-corrected chi connectivity index (χ3v) is 5.14. The van der Waals surface area contributed by atoms with Crippen molar-refractivity contribution in [2.75, 3.05) is 11.5 Å². The highest BCUT2D eigenvalue weighted by Crippen LogP contribution is 2.55. The van der Waals surface area contributed by atoms with Crippen LogP contribution in [0.1, 0.15) is 13.8 Å². The first-order chi connectivity index (χ1) is 4.12. The summed E-state index contributed by atoms with van der Waals surface area (Å²) < 4.78 is 5.77. The fourth-order valence-corrected chi connectivity index (χ4v) is 4.04. The Balaban J connectivity index is 2.25. The van der Waals surface area contributed by atoms with E-state index < -0.39 is 0 Å². The molecule has 2 bridgehead atoms. The number of hydrogen-bond donors (Lipinski definition) is 0. The molecule has 0 aliphatic carbocycles. The van der Waals surface area contributed by atoms with Crippen molar-refractivity contribution < 1.29 is 4.74 Å². The van der Waals surface area contributed by atoms with Gasteiger partial charge < -0.3 is 4.74 Å². The second kappa shape index (κ2) is 1.63. The Morgan fingerprint density at radius 2 is 1.56 bits per heavy atom. The van der Waals surface area contributed by atoms with Gasteiger partial charge in [-0.2, -0.15) is 0 Å². The van der Waals surface area contributed by atoms with Gasteiger partial charge in [0.1, 0.15) is 9.87 Å². The second-order valence-corrected chi connectivity index (χ2v) is 5.83. The zero-order chi connectivity index (χ0) is 6.54. The molecule has 2 saturated heterocycles. The summed E-state index contributed by atoms with van der Waals surface area (Å²) in [5.74, 6) is 2.32. The molecule has 9 heavy (non-hydrogen) atoms. The highest BCUT2D eigenvalue weighted by atomic mass is 32.2. The van der Waals surface area contributed by atoms with Crippen LogP contribution in [-0.4, -0.2) is 21.4 Å². The molecule has 0 amide bonds. The van der Waals surface area contributed by atoms with Crippen molar-refractivity contribution >= 4 is 23.5 Å². The van der Waals surface area contributed by atoms with Crippen LogP contribution in [0.15, 0.2) is 0 Å². The molecule has 0 aromatic heterocycles. The predicted octanol–water partition coefficient (Wildman–Crippen LogP) is 1.93. The molecule has 2 rings (SSSR count). The van der Waals surface area contributed by atoms with E-state index in [1.165, 1.54) is 0 Å². The summed E-state index contributed by atoms with van der Waals surface area (Å²) in [6.45, 7) is 4.37. The monoisotopic (exact) mass is 162 g/mol. The van der Waals surface area contributed by atoms with Crippen molar-refractivity contribution in [3.8, 4) is 0 Å². The van der Waals surface area contributed by atoms with Crippen LogP contribution in [-0.2, 0) is 4.74 Å². The van der Waals surface area contributed by atoms with E-state index in [4.69, 9.17) is 4.74 Å². The smallest absolute Gasteiger partial charge is 0.122 e. The summed E-state index contributed by atoms with van der Waals surface area (Å²) in [7, 11) is 0. The summed E-state index contributed by atoms with van der Waals surface area (Å²) >= 11 is 3.90. The maximum absolute atomic E-state index is 5.77. The Labute approximate surface area is 63.9 Å². The molecule has 2 heterocycles. The number of thioether (sulfide) groups is 2. The van der Waals surface area contributed by atoms with Crippen LogP contribution in [0, 0.1) is 0 Å². The zero-order valence-corrected chi connectivity index (χ0v) is 7.27. The quantitative estimate of drug-likeness (QED) is 0.538. The average Bonchev–Trinajstić information content (AvgIpc) is 2.19. The molecule has 0 aromatic carbocycles. The number of rotatable bonds is 0. The van der Waals surface area contributed by atoms with Crippen molar-refractivity contribution in [2.24, 2.45) is 0 Å². The van der Waals surface area contributed by atoms with Crippen LogP contribution < -0.4 is 0 Å². The van der Waals surface area contributed by atoms with Gasteiger partial charge in [-0.15, -0.1) is 23.5 Å². The van der Waals surface area contributed by atoms with Crippen molar-refractivity contribution in [1.82, 2.24) is 0 Å². The van der Waals surface area contributed by atoms with E-state index in [0.29, 0.717) is 0 Å². The summed E-state index contributed by atoms with van der Waals surface area (Å²) in [5, 5.41) is 0. The minimum absolute atomic E-state index is 0.152. The molecule has 0 spiro atoms. The van der Waals surface area contributed by atoms with Crippen LogP contribution in [0.5, 0.6) is 0 Å².